The van der Waals surface area contributed by atoms with Gasteiger partial charge in [0.05, 0.1) is 5.56 Å². The first-order valence-electron chi connectivity index (χ1n) is 6.42. The van der Waals surface area contributed by atoms with E-state index in [0.717, 1.165) is 10.0 Å². The smallest absolute Gasteiger partial charge is 0.335 e. The lowest BCUT2D eigenvalue weighted by Crippen LogP contribution is -2.25. The van der Waals surface area contributed by atoms with Crippen LogP contribution < -0.4 is 5.32 Å². The van der Waals surface area contributed by atoms with Gasteiger partial charge >= 0.3 is 5.97 Å². The van der Waals surface area contributed by atoms with Crippen LogP contribution in [-0.4, -0.2) is 23.5 Å². The molecule has 1 amide bonds. The molecule has 0 aliphatic carbocycles. The summed E-state index contributed by atoms with van der Waals surface area (Å²) in [7, 11) is 0. The molecule has 0 radical (unpaired) electrons. The molecule has 4 nitrogen and oxygen atoms in total. The van der Waals surface area contributed by atoms with Crippen molar-refractivity contribution in [1.29, 1.82) is 0 Å². The third-order valence-electron chi connectivity index (χ3n) is 3.01. The summed E-state index contributed by atoms with van der Waals surface area (Å²) in [6, 6.07) is 13.8. The number of carbonyl (C=O) groups excluding carboxylic acids is 1. The van der Waals surface area contributed by atoms with E-state index in [1.165, 1.54) is 0 Å². The fraction of sp³-hybridized carbons (Fsp3) is 0.125. The highest BCUT2D eigenvalue weighted by atomic mass is 79.9. The molecule has 21 heavy (non-hydrogen) atoms. The molecule has 0 fully saturated rings. The molecule has 0 heterocycles. The highest BCUT2D eigenvalue weighted by molar-refractivity contribution is 9.10. The first kappa shape index (κ1) is 15.3. The van der Waals surface area contributed by atoms with E-state index in [1.54, 1.807) is 36.4 Å². The van der Waals surface area contributed by atoms with Crippen LogP contribution in [-0.2, 0) is 6.42 Å². The first-order chi connectivity index (χ1) is 10.1. The molecule has 108 valence electrons. The molecule has 2 N–H and O–H groups in total. The number of carboxylic acid groups (broad SMARTS) is 1. The Balaban J connectivity index is 1.85. The molecule has 0 aliphatic heterocycles. The van der Waals surface area contributed by atoms with Gasteiger partial charge in [-0.2, -0.15) is 0 Å². The number of hydrogen-bond donors (Lipinski definition) is 2. The molecule has 0 saturated carbocycles. The quantitative estimate of drug-likeness (QED) is 0.873. The monoisotopic (exact) mass is 347 g/mol. The number of hydrogen-bond acceptors (Lipinski definition) is 2. The number of carboxylic acids is 1. The minimum Gasteiger partial charge on any atom is -0.478 e. The molecule has 0 bridgehead atoms. The second kappa shape index (κ2) is 7.04. The van der Waals surface area contributed by atoms with Gasteiger partial charge in [-0.1, -0.05) is 28.1 Å². The van der Waals surface area contributed by atoms with Crippen molar-refractivity contribution in [3.05, 3.63) is 69.7 Å². The summed E-state index contributed by atoms with van der Waals surface area (Å²) in [4.78, 5) is 22.6. The predicted octanol–water partition coefficient (Wildman–Crippen LogP) is 3.12. The summed E-state index contributed by atoms with van der Waals surface area (Å²) in [6.45, 7) is 0.501. The van der Waals surface area contributed by atoms with Gasteiger partial charge in [-0.05, 0) is 48.4 Å². The van der Waals surface area contributed by atoms with Gasteiger partial charge in [-0.25, -0.2) is 4.79 Å². The van der Waals surface area contributed by atoms with E-state index in [4.69, 9.17) is 5.11 Å². The van der Waals surface area contributed by atoms with Crippen molar-refractivity contribution in [2.75, 3.05) is 6.54 Å². The Kier molecular flexibility index (Phi) is 5.11. The van der Waals surface area contributed by atoms with Gasteiger partial charge in [0.1, 0.15) is 0 Å². The van der Waals surface area contributed by atoms with Crippen molar-refractivity contribution >= 4 is 27.8 Å². The number of benzene rings is 2. The van der Waals surface area contributed by atoms with E-state index >= 15 is 0 Å². The maximum absolute atomic E-state index is 11.9. The van der Waals surface area contributed by atoms with Gasteiger partial charge < -0.3 is 10.4 Å². The largest absolute Gasteiger partial charge is 0.478 e. The highest BCUT2D eigenvalue weighted by Crippen LogP contribution is 2.10. The number of rotatable bonds is 5. The van der Waals surface area contributed by atoms with Crippen LogP contribution in [0.1, 0.15) is 26.3 Å². The van der Waals surface area contributed by atoms with Crippen LogP contribution in [0, 0.1) is 0 Å². The SMILES string of the molecule is O=C(O)c1ccc(CCNC(=O)c2ccc(Br)cc2)cc1. The molecule has 5 heteroatoms. The standard InChI is InChI=1S/C16H14BrNO3/c17-14-7-5-12(6-8-14)15(19)18-10-9-11-1-3-13(4-2-11)16(20)21/h1-8H,9-10H2,(H,18,19)(H,20,21). The van der Waals surface area contributed by atoms with Crippen LogP contribution in [0.15, 0.2) is 53.0 Å². The molecule has 2 aromatic carbocycles. The average molecular weight is 348 g/mol. The first-order valence-corrected chi connectivity index (χ1v) is 7.21. The Morgan fingerprint density at radius 1 is 0.952 bits per heavy atom. The minimum absolute atomic E-state index is 0.121. The van der Waals surface area contributed by atoms with Crippen molar-refractivity contribution in [3.63, 3.8) is 0 Å². The summed E-state index contributed by atoms with van der Waals surface area (Å²) in [6.07, 6.45) is 0.655. The fourth-order valence-electron chi connectivity index (χ4n) is 1.84. The molecule has 0 aromatic heterocycles. The topological polar surface area (TPSA) is 66.4 Å². The highest BCUT2D eigenvalue weighted by Gasteiger charge is 2.05. The molecule has 0 unspecified atom stereocenters. The zero-order valence-electron chi connectivity index (χ0n) is 11.2. The van der Waals surface area contributed by atoms with Gasteiger partial charge in [0, 0.05) is 16.6 Å². The third kappa shape index (κ3) is 4.43. The van der Waals surface area contributed by atoms with Crippen LogP contribution in [0.3, 0.4) is 0 Å². The molecule has 0 atom stereocenters. The zero-order valence-corrected chi connectivity index (χ0v) is 12.8. The summed E-state index contributed by atoms with van der Waals surface area (Å²) in [5.74, 6) is -1.06. The van der Waals surface area contributed by atoms with E-state index in [1.807, 2.05) is 12.1 Å². The second-order valence-corrected chi connectivity index (χ2v) is 5.43. The normalized spacial score (nSPS) is 10.1. The summed E-state index contributed by atoms with van der Waals surface area (Å²) >= 11 is 3.32. The minimum atomic E-state index is -0.940. The maximum atomic E-state index is 11.9. The van der Waals surface area contributed by atoms with Crippen molar-refractivity contribution in [2.24, 2.45) is 0 Å². The van der Waals surface area contributed by atoms with Crippen molar-refractivity contribution in [2.45, 2.75) is 6.42 Å². The molecule has 0 spiro atoms. The van der Waals surface area contributed by atoms with Crippen LogP contribution in [0.4, 0.5) is 0 Å². The van der Waals surface area contributed by atoms with Crippen molar-refractivity contribution in [1.82, 2.24) is 5.32 Å². The Morgan fingerprint density at radius 2 is 1.52 bits per heavy atom. The predicted molar refractivity (Wildman–Crippen MR) is 83.6 cm³/mol. The van der Waals surface area contributed by atoms with E-state index in [9.17, 15) is 9.59 Å². The van der Waals surface area contributed by atoms with Crippen LogP contribution in [0.25, 0.3) is 0 Å². The summed E-state index contributed by atoms with van der Waals surface area (Å²) in [5, 5.41) is 11.6. The molecule has 0 aliphatic rings. The molecule has 0 saturated heterocycles. The average Bonchev–Trinajstić information content (AvgIpc) is 2.48. The lowest BCUT2D eigenvalue weighted by Gasteiger charge is -2.06. The molecular formula is C16H14BrNO3. The van der Waals surface area contributed by atoms with Gasteiger partial charge in [0.15, 0.2) is 0 Å². The summed E-state index contributed by atoms with van der Waals surface area (Å²) in [5.41, 5.74) is 1.85. The van der Waals surface area contributed by atoms with E-state index in [-0.39, 0.29) is 11.5 Å². The van der Waals surface area contributed by atoms with Crippen LogP contribution in [0.2, 0.25) is 0 Å². The lowest BCUT2D eigenvalue weighted by atomic mass is 10.1. The number of nitrogens with one attached hydrogen (secondary N) is 1. The molecule has 2 aromatic rings. The van der Waals surface area contributed by atoms with Gasteiger partial charge in [-0.15, -0.1) is 0 Å². The molecular weight excluding hydrogens is 334 g/mol. The van der Waals surface area contributed by atoms with E-state index in [2.05, 4.69) is 21.2 Å². The Morgan fingerprint density at radius 3 is 2.10 bits per heavy atom. The van der Waals surface area contributed by atoms with Crippen LogP contribution in [0.5, 0.6) is 0 Å². The van der Waals surface area contributed by atoms with Gasteiger partial charge in [-0.3, -0.25) is 4.79 Å². The van der Waals surface area contributed by atoms with E-state index in [0.29, 0.717) is 18.5 Å². The van der Waals surface area contributed by atoms with Crippen LogP contribution >= 0.6 is 15.9 Å². The van der Waals surface area contributed by atoms with Crippen molar-refractivity contribution in [3.8, 4) is 0 Å². The second-order valence-electron chi connectivity index (χ2n) is 4.51. The summed E-state index contributed by atoms with van der Waals surface area (Å²) < 4.78 is 0.928. The zero-order chi connectivity index (χ0) is 15.2. The number of carbonyl (C=O) groups is 2. The lowest BCUT2D eigenvalue weighted by molar-refractivity contribution is 0.0696. The Labute approximate surface area is 130 Å². The Bertz CT molecular complexity index is 636. The van der Waals surface area contributed by atoms with Crippen molar-refractivity contribution < 1.29 is 14.7 Å². The van der Waals surface area contributed by atoms with E-state index < -0.39 is 5.97 Å². The number of halogens is 1. The van der Waals surface area contributed by atoms with Gasteiger partial charge in [0.25, 0.3) is 5.91 Å². The van der Waals surface area contributed by atoms with Gasteiger partial charge in [0.2, 0.25) is 0 Å². The molecule has 2 rings (SSSR count). The Hall–Kier alpha value is -2.14. The number of amides is 1. The maximum Gasteiger partial charge on any atom is 0.335 e. The third-order valence-corrected chi connectivity index (χ3v) is 3.54. The number of aromatic carboxylic acids is 1. The fourth-order valence-corrected chi connectivity index (χ4v) is 2.10.